The summed E-state index contributed by atoms with van der Waals surface area (Å²) in [5.74, 6) is 0.585. The number of nitrogen functional groups attached to an aromatic ring is 1. The van der Waals surface area contributed by atoms with Gasteiger partial charge in [0.25, 0.3) is 0 Å². The lowest BCUT2D eigenvalue weighted by Crippen LogP contribution is -2.43. The molecule has 18 heavy (non-hydrogen) atoms. The van der Waals surface area contributed by atoms with Gasteiger partial charge in [-0.05, 0) is 30.5 Å². The van der Waals surface area contributed by atoms with Crippen molar-refractivity contribution >= 4 is 11.4 Å². The highest BCUT2D eigenvalue weighted by atomic mass is 16.5. The molecule has 4 nitrogen and oxygen atoms in total. The summed E-state index contributed by atoms with van der Waals surface area (Å²) >= 11 is 0. The second kappa shape index (κ2) is 5.28. The van der Waals surface area contributed by atoms with Crippen LogP contribution in [0.4, 0.5) is 11.4 Å². The number of nitrogens with zero attached hydrogens (tertiary/aromatic N) is 2. The summed E-state index contributed by atoms with van der Waals surface area (Å²) in [4.78, 5) is 2.27. The summed E-state index contributed by atoms with van der Waals surface area (Å²) in [6.07, 6.45) is 1.37. The monoisotopic (exact) mass is 245 g/mol. The van der Waals surface area contributed by atoms with E-state index in [2.05, 4.69) is 17.9 Å². The number of anilines is 2. The molecule has 0 spiro atoms. The van der Waals surface area contributed by atoms with Crippen LogP contribution in [0.5, 0.6) is 0 Å². The van der Waals surface area contributed by atoms with Gasteiger partial charge in [0.1, 0.15) is 6.07 Å². The van der Waals surface area contributed by atoms with E-state index < -0.39 is 0 Å². The molecule has 4 heteroatoms. The van der Waals surface area contributed by atoms with Gasteiger partial charge >= 0.3 is 0 Å². The van der Waals surface area contributed by atoms with Crippen LogP contribution in [-0.2, 0) is 4.74 Å². The Hall–Kier alpha value is -1.73. The van der Waals surface area contributed by atoms with E-state index in [1.807, 2.05) is 12.1 Å². The minimum atomic E-state index is 0.260. The summed E-state index contributed by atoms with van der Waals surface area (Å²) in [5.41, 5.74) is 8.00. The molecule has 0 saturated carbocycles. The van der Waals surface area contributed by atoms with Gasteiger partial charge in [-0.2, -0.15) is 5.26 Å². The molecule has 1 aromatic carbocycles. The minimum absolute atomic E-state index is 0.260. The highest BCUT2D eigenvalue weighted by Crippen LogP contribution is 2.27. The van der Waals surface area contributed by atoms with Crippen LogP contribution in [0.1, 0.15) is 18.9 Å². The molecule has 2 unspecified atom stereocenters. The highest BCUT2D eigenvalue weighted by Gasteiger charge is 2.26. The Morgan fingerprint density at radius 1 is 1.50 bits per heavy atom. The van der Waals surface area contributed by atoms with Crippen LogP contribution in [0.3, 0.4) is 0 Å². The molecule has 2 rings (SSSR count). The van der Waals surface area contributed by atoms with Crippen LogP contribution >= 0.6 is 0 Å². The number of ether oxygens (including phenoxy) is 1. The summed E-state index contributed by atoms with van der Waals surface area (Å²) in [5, 5.41) is 8.87. The van der Waals surface area contributed by atoms with Crippen LogP contribution < -0.4 is 10.6 Å². The van der Waals surface area contributed by atoms with E-state index in [0.29, 0.717) is 17.2 Å². The first-order valence-electron chi connectivity index (χ1n) is 6.23. The molecule has 2 atom stereocenters. The van der Waals surface area contributed by atoms with Crippen LogP contribution in [0.2, 0.25) is 0 Å². The maximum atomic E-state index is 8.87. The molecule has 0 aliphatic carbocycles. The maximum Gasteiger partial charge on any atom is 0.101 e. The van der Waals surface area contributed by atoms with E-state index in [-0.39, 0.29) is 6.10 Å². The van der Waals surface area contributed by atoms with Crippen LogP contribution in [0.15, 0.2) is 18.2 Å². The molecule has 2 N–H and O–H groups in total. The summed E-state index contributed by atoms with van der Waals surface area (Å²) in [7, 11) is 1.76. The zero-order valence-corrected chi connectivity index (χ0v) is 10.9. The predicted molar refractivity (Wildman–Crippen MR) is 72.4 cm³/mol. The molecule has 0 radical (unpaired) electrons. The van der Waals surface area contributed by atoms with Crippen molar-refractivity contribution in [2.75, 3.05) is 30.8 Å². The van der Waals surface area contributed by atoms with Gasteiger partial charge in [0.15, 0.2) is 0 Å². The topological polar surface area (TPSA) is 62.3 Å². The molecular formula is C14H19N3O. The number of nitrogens with two attached hydrogens (primary N) is 1. The average molecular weight is 245 g/mol. The SMILES string of the molecule is COC1CN(c2ccc(C#N)c(N)c2)CCC1C. The molecule has 96 valence electrons. The number of piperidine rings is 1. The first-order chi connectivity index (χ1) is 8.65. The van der Waals surface area contributed by atoms with Crippen molar-refractivity contribution in [1.82, 2.24) is 0 Å². The molecule has 1 fully saturated rings. The van der Waals surface area contributed by atoms with Crippen molar-refractivity contribution in [3.8, 4) is 6.07 Å². The lowest BCUT2D eigenvalue weighted by atomic mass is 9.95. The van der Waals surface area contributed by atoms with Crippen LogP contribution in [0, 0.1) is 17.2 Å². The van der Waals surface area contributed by atoms with Gasteiger partial charge in [0.2, 0.25) is 0 Å². The molecule has 0 amide bonds. The van der Waals surface area contributed by atoms with Crippen molar-refractivity contribution in [2.45, 2.75) is 19.4 Å². The van der Waals surface area contributed by atoms with Crippen molar-refractivity contribution in [3.63, 3.8) is 0 Å². The number of methoxy groups -OCH3 is 1. The number of hydrogen-bond donors (Lipinski definition) is 1. The van der Waals surface area contributed by atoms with E-state index in [4.69, 9.17) is 15.7 Å². The molecule has 1 heterocycles. The Morgan fingerprint density at radius 2 is 2.28 bits per heavy atom. The first-order valence-corrected chi connectivity index (χ1v) is 6.23. The Morgan fingerprint density at radius 3 is 2.89 bits per heavy atom. The Balaban J connectivity index is 2.17. The third-order valence-corrected chi connectivity index (χ3v) is 3.71. The number of nitriles is 1. The van der Waals surface area contributed by atoms with E-state index >= 15 is 0 Å². The molecule has 0 aromatic heterocycles. The molecule has 0 bridgehead atoms. The predicted octanol–water partition coefficient (Wildman–Crippen LogP) is 2.00. The number of rotatable bonds is 2. The number of hydrogen-bond acceptors (Lipinski definition) is 4. The van der Waals surface area contributed by atoms with Gasteiger partial charge in [0, 0.05) is 25.9 Å². The van der Waals surface area contributed by atoms with E-state index in [1.54, 1.807) is 13.2 Å². The fourth-order valence-corrected chi connectivity index (χ4v) is 2.42. The second-order valence-corrected chi connectivity index (χ2v) is 4.87. The first kappa shape index (κ1) is 12.7. The quantitative estimate of drug-likeness (QED) is 0.809. The average Bonchev–Trinajstić information content (AvgIpc) is 2.39. The van der Waals surface area contributed by atoms with E-state index in [0.717, 1.165) is 25.2 Å². The lowest BCUT2D eigenvalue weighted by molar-refractivity contribution is 0.0498. The third-order valence-electron chi connectivity index (χ3n) is 3.71. The fraction of sp³-hybridized carbons (Fsp3) is 0.500. The summed E-state index contributed by atoms with van der Waals surface area (Å²) in [6, 6.07) is 7.70. The minimum Gasteiger partial charge on any atom is -0.398 e. The summed E-state index contributed by atoms with van der Waals surface area (Å²) in [6.45, 7) is 4.11. The van der Waals surface area contributed by atoms with Crippen molar-refractivity contribution in [2.24, 2.45) is 5.92 Å². The van der Waals surface area contributed by atoms with Gasteiger partial charge in [-0.3, -0.25) is 0 Å². The lowest BCUT2D eigenvalue weighted by Gasteiger charge is -2.37. The van der Waals surface area contributed by atoms with Crippen molar-refractivity contribution in [1.29, 1.82) is 5.26 Å². The zero-order valence-electron chi connectivity index (χ0n) is 10.9. The Labute approximate surface area is 108 Å². The van der Waals surface area contributed by atoms with E-state index in [1.165, 1.54) is 0 Å². The van der Waals surface area contributed by atoms with Gasteiger partial charge < -0.3 is 15.4 Å². The zero-order chi connectivity index (χ0) is 13.1. The number of benzene rings is 1. The van der Waals surface area contributed by atoms with Crippen LogP contribution in [0.25, 0.3) is 0 Å². The van der Waals surface area contributed by atoms with Gasteiger partial charge in [0.05, 0.1) is 17.4 Å². The van der Waals surface area contributed by atoms with E-state index in [9.17, 15) is 0 Å². The van der Waals surface area contributed by atoms with Gasteiger partial charge in [-0.15, -0.1) is 0 Å². The molecule has 1 aliphatic rings. The molecular weight excluding hydrogens is 226 g/mol. The second-order valence-electron chi connectivity index (χ2n) is 4.87. The molecule has 1 aliphatic heterocycles. The summed E-state index contributed by atoms with van der Waals surface area (Å²) < 4.78 is 5.51. The van der Waals surface area contributed by atoms with Gasteiger partial charge in [-0.25, -0.2) is 0 Å². The van der Waals surface area contributed by atoms with Crippen LogP contribution in [-0.4, -0.2) is 26.3 Å². The Bertz CT molecular complexity index is 467. The normalized spacial score (nSPS) is 23.7. The maximum absolute atomic E-state index is 8.87. The smallest absolute Gasteiger partial charge is 0.101 e. The third kappa shape index (κ3) is 2.41. The van der Waals surface area contributed by atoms with Crippen molar-refractivity contribution < 1.29 is 4.74 Å². The van der Waals surface area contributed by atoms with Crippen molar-refractivity contribution in [3.05, 3.63) is 23.8 Å². The molecule has 1 saturated heterocycles. The standard InChI is InChI=1S/C14H19N3O/c1-10-5-6-17(9-14(10)18-2)12-4-3-11(8-15)13(16)7-12/h3-4,7,10,14H,5-6,9,16H2,1-2H3. The highest BCUT2D eigenvalue weighted by molar-refractivity contribution is 5.63. The van der Waals surface area contributed by atoms with Gasteiger partial charge in [-0.1, -0.05) is 6.92 Å². The Kier molecular flexibility index (Phi) is 3.73. The molecule has 1 aromatic rings. The largest absolute Gasteiger partial charge is 0.398 e. The fourth-order valence-electron chi connectivity index (χ4n) is 2.42.